The van der Waals surface area contributed by atoms with Crippen molar-refractivity contribution >= 4 is 11.8 Å². The molecule has 0 aromatic carbocycles. The van der Waals surface area contributed by atoms with Gasteiger partial charge in [-0.15, -0.1) is 10.2 Å². The number of thioether (sulfide) groups is 1. The summed E-state index contributed by atoms with van der Waals surface area (Å²) >= 11 is 1.60. The highest BCUT2D eigenvalue weighted by atomic mass is 32.2. The Bertz CT molecular complexity index is 567. The first-order chi connectivity index (χ1) is 9.19. The lowest BCUT2D eigenvalue weighted by Gasteiger charge is -2.06. The van der Waals surface area contributed by atoms with E-state index in [1.807, 2.05) is 13.8 Å². The second kappa shape index (κ2) is 4.97. The molecule has 2 N–H and O–H groups in total. The Morgan fingerprint density at radius 3 is 2.74 bits per heavy atom. The normalized spacial score (nSPS) is 15.1. The fourth-order valence-corrected chi connectivity index (χ4v) is 2.84. The molecule has 19 heavy (non-hydrogen) atoms. The summed E-state index contributed by atoms with van der Waals surface area (Å²) in [5.74, 6) is 3.15. The maximum Gasteiger partial charge on any atom is 0.205 e. The average molecular weight is 279 g/mol. The fraction of sp³-hybridized carbons (Fsp3) is 0.583. The van der Waals surface area contributed by atoms with E-state index in [9.17, 15) is 0 Å². The molecule has 1 fully saturated rings. The van der Waals surface area contributed by atoms with Crippen molar-refractivity contribution in [3.63, 3.8) is 0 Å². The molecule has 1 saturated carbocycles. The molecule has 0 bridgehead atoms. The lowest BCUT2D eigenvalue weighted by Crippen LogP contribution is -2.08. The van der Waals surface area contributed by atoms with Gasteiger partial charge in [-0.05, 0) is 26.7 Å². The monoisotopic (exact) mass is 279 g/mol. The van der Waals surface area contributed by atoms with Crippen LogP contribution in [0.4, 0.5) is 0 Å². The molecule has 0 spiro atoms. The van der Waals surface area contributed by atoms with Crippen LogP contribution < -0.4 is 5.73 Å². The van der Waals surface area contributed by atoms with Gasteiger partial charge in [0.05, 0.1) is 18.0 Å². The maximum atomic E-state index is 5.70. The molecule has 0 atom stereocenters. The van der Waals surface area contributed by atoms with Gasteiger partial charge in [0.1, 0.15) is 11.6 Å². The summed E-state index contributed by atoms with van der Waals surface area (Å²) in [7, 11) is 0. The number of hydrogen-bond acceptors (Lipinski definition) is 6. The highest BCUT2D eigenvalue weighted by molar-refractivity contribution is 7.98. The molecule has 0 radical (unpaired) electrons. The van der Waals surface area contributed by atoms with E-state index in [1.165, 1.54) is 12.8 Å². The van der Waals surface area contributed by atoms with Gasteiger partial charge < -0.3 is 14.7 Å². The van der Waals surface area contributed by atoms with Crippen molar-refractivity contribution in [2.24, 2.45) is 5.73 Å². The van der Waals surface area contributed by atoms with Crippen LogP contribution in [-0.4, -0.2) is 19.7 Å². The molecule has 102 valence electrons. The Morgan fingerprint density at radius 2 is 2.16 bits per heavy atom. The van der Waals surface area contributed by atoms with Crippen LogP contribution in [0.2, 0.25) is 0 Å². The van der Waals surface area contributed by atoms with Crippen molar-refractivity contribution < 1.29 is 4.42 Å². The number of oxazole rings is 1. The Morgan fingerprint density at radius 1 is 1.37 bits per heavy atom. The zero-order valence-corrected chi connectivity index (χ0v) is 11.9. The van der Waals surface area contributed by atoms with Crippen molar-refractivity contribution in [3.05, 3.63) is 23.2 Å². The summed E-state index contributed by atoms with van der Waals surface area (Å²) in [5, 5.41) is 9.28. The molecule has 3 rings (SSSR count). The first kappa shape index (κ1) is 12.7. The molecule has 2 aromatic heterocycles. The van der Waals surface area contributed by atoms with Crippen molar-refractivity contribution in [2.45, 2.75) is 50.2 Å². The van der Waals surface area contributed by atoms with Crippen LogP contribution in [-0.2, 0) is 12.3 Å². The minimum Gasteiger partial charge on any atom is -0.445 e. The number of aryl methyl sites for hydroxylation is 2. The van der Waals surface area contributed by atoms with Gasteiger partial charge in [-0.1, -0.05) is 11.8 Å². The number of rotatable bonds is 5. The van der Waals surface area contributed by atoms with Crippen molar-refractivity contribution in [2.75, 3.05) is 0 Å². The van der Waals surface area contributed by atoms with E-state index in [2.05, 4.69) is 19.7 Å². The van der Waals surface area contributed by atoms with E-state index in [-0.39, 0.29) is 0 Å². The molecular weight excluding hydrogens is 262 g/mol. The van der Waals surface area contributed by atoms with Gasteiger partial charge in [-0.3, -0.25) is 0 Å². The Kier molecular flexibility index (Phi) is 3.32. The molecule has 0 saturated heterocycles. The standard InChI is InChI=1S/C12H17N5OS/c1-7-8(2)18-11(14-7)6-19-12-16-15-10(5-13)17(12)9-3-4-9/h9H,3-6,13H2,1-2H3. The lowest BCUT2D eigenvalue weighted by atomic mass is 10.4. The number of nitrogens with zero attached hydrogens (tertiary/aromatic N) is 4. The first-order valence-electron chi connectivity index (χ1n) is 6.38. The van der Waals surface area contributed by atoms with E-state index >= 15 is 0 Å². The predicted octanol–water partition coefficient (Wildman–Crippen LogP) is 1.97. The Balaban J connectivity index is 1.74. The third kappa shape index (κ3) is 2.52. The second-order valence-electron chi connectivity index (χ2n) is 4.74. The summed E-state index contributed by atoms with van der Waals surface area (Å²) < 4.78 is 7.73. The summed E-state index contributed by atoms with van der Waals surface area (Å²) in [6.45, 7) is 4.31. The third-order valence-electron chi connectivity index (χ3n) is 3.23. The van der Waals surface area contributed by atoms with Gasteiger partial charge >= 0.3 is 0 Å². The van der Waals surface area contributed by atoms with E-state index in [0.717, 1.165) is 28.3 Å². The maximum absolute atomic E-state index is 5.70. The van der Waals surface area contributed by atoms with Crippen LogP contribution in [0.1, 0.15) is 42.1 Å². The number of nitrogens with two attached hydrogens (primary N) is 1. The second-order valence-corrected chi connectivity index (χ2v) is 5.68. The molecule has 7 heteroatoms. The van der Waals surface area contributed by atoms with E-state index in [4.69, 9.17) is 10.2 Å². The zero-order chi connectivity index (χ0) is 13.4. The van der Waals surface area contributed by atoms with Crippen LogP contribution >= 0.6 is 11.8 Å². The van der Waals surface area contributed by atoms with Gasteiger partial charge in [-0.2, -0.15) is 0 Å². The molecule has 0 unspecified atom stereocenters. The zero-order valence-electron chi connectivity index (χ0n) is 11.1. The molecule has 6 nitrogen and oxygen atoms in total. The molecule has 1 aliphatic carbocycles. The van der Waals surface area contributed by atoms with Crippen LogP contribution in [0.5, 0.6) is 0 Å². The molecule has 0 amide bonds. The molecule has 0 aliphatic heterocycles. The number of aromatic nitrogens is 4. The molecule has 2 heterocycles. The summed E-state index contributed by atoms with van der Waals surface area (Å²) in [5.41, 5.74) is 6.64. The largest absolute Gasteiger partial charge is 0.445 e. The topological polar surface area (TPSA) is 82.8 Å². The van der Waals surface area contributed by atoms with Crippen LogP contribution in [0.15, 0.2) is 9.57 Å². The molecular formula is C12H17N5OS. The van der Waals surface area contributed by atoms with Gasteiger partial charge in [0, 0.05) is 6.04 Å². The molecule has 1 aliphatic rings. The number of hydrogen-bond donors (Lipinski definition) is 1. The lowest BCUT2D eigenvalue weighted by molar-refractivity contribution is 0.489. The van der Waals surface area contributed by atoms with Gasteiger partial charge in [0.2, 0.25) is 5.89 Å². The van der Waals surface area contributed by atoms with E-state index in [0.29, 0.717) is 18.3 Å². The van der Waals surface area contributed by atoms with Crippen LogP contribution in [0, 0.1) is 13.8 Å². The van der Waals surface area contributed by atoms with Crippen molar-refractivity contribution in [3.8, 4) is 0 Å². The highest BCUT2D eigenvalue weighted by Gasteiger charge is 2.29. The summed E-state index contributed by atoms with van der Waals surface area (Å²) in [6.07, 6.45) is 2.38. The van der Waals surface area contributed by atoms with Crippen molar-refractivity contribution in [1.29, 1.82) is 0 Å². The average Bonchev–Trinajstić information content (AvgIpc) is 3.07. The SMILES string of the molecule is Cc1nc(CSc2nnc(CN)n2C2CC2)oc1C. The third-order valence-corrected chi connectivity index (χ3v) is 4.16. The predicted molar refractivity (Wildman–Crippen MR) is 71.7 cm³/mol. The molecule has 2 aromatic rings. The Hall–Kier alpha value is -1.34. The van der Waals surface area contributed by atoms with Crippen molar-refractivity contribution in [1.82, 2.24) is 19.7 Å². The van der Waals surface area contributed by atoms with E-state index < -0.39 is 0 Å². The quantitative estimate of drug-likeness (QED) is 0.842. The van der Waals surface area contributed by atoms with Gasteiger partial charge in [0.25, 0.3) is 0 Å². The Labute approximate surface area is 115 Å². The first-order valence-corrected chi connectivity index (χ1v) is 7.37. The van der Waals surface area contributed by atoms with E-state index in [1.54, 1.807) is 11.8 Å². The minimum atomic E-state index is 0.432. The van der Waals surface area contributed by atoms with Crippen LogP contribution in [0.3, 0.4) is 0 Å². The fourth-order valence-electron chi connectivity index (χ4n) is 1.97. The highest BCUT2D eigenvalue weighted by Crippen LogP contribution is 2.39. The van der Waals surface area contributed by atoms with Gasteiger partial charge in [0.15, 0.2) is 5.16 Å². The summed E-state index contributed by atoms with van der Waals surface area (Å²) in [4.78, 5) is 4.37. The van der Waals surface area contributed by atoms with Crippen LogP contribution in [0.25, 0.3) is 0 Å². The van der Waals surface area contributed by atoms with Gasteiger partial charge in [-0.25, -0.2) is 4.98 Å². The smallest absolute Gasteiger partial charge is 0.205 e. The minimum absolute atomic E-state index is 0.432. The summed E-state index contributed by atoms with van der Waals surface area (Å²) in [6, 6.07) is 0.532.